The van der Waals surface area contributed by atoms with Crippen molar-refractivity contribution in [3.05, 3.63) is 6.20 Å². The number of anilines is 1. The highest BCUT2D eigenvalue weighted by atomic mass is 16.5. The molecule has 2 rings (SSSR count). The lowest BCUT2D eigenvalue weighted by atomic mass is 10.4. The van der Waals surface area contributed by atoms with Crippen molar-refractivity contribution in [3.63, 3.8) is 0 Å². The van der Waals surface area contributed by atoms with Crippen LogP contribution in [0.15, 0.2) is 6.20 Å². The summed E-state index contributed by atoms with van der Waals surface area (Å²) in [6.07, 6.45) is 1.41. The van der Waals surface area contributed by atoms with Crippen LogP contribution < -0.4 is 5.32 Å². The van der Waals surface area contributed by atoms with Crippen LogP contribution in [0.4, 0.5) is 5.82 Å². The van der Waals surface area contributed by atoms with Crippen molar-refractivity contribution in [1.82, 2.24) is 19.9 Å². The van der Waals surface area contributed by atoms with Gasteiger partial charge in [0.15, 0.2) is 5.82 Å². The molecule has 0 aliphatic carbocycles. The summed E-state index contributed by atoms with van der Waals surface area (Å²) >= 11 is 0. The molecule has 0 aromatic carbocycles. The molecule has 0 radical (unpaired) electrons. The molecule has 0 atom stereocenters. The molecule has 0 bridgehead atoms. The third kappa shape index (κ3) is 3.27. The highest BCUT2D eigenvalue weighted by Crippen LogP contribution is 2.01. The van der Waals surface area contributed by atoms with Gasteiger partial charge in [0.05, 0.1) is 19.4 Å². The van der Waals surface area contributed by atoms with Crippen molar-refractivity contribution in [2.75, 3.05) is 31.6 Å². The average Bonchev–Trinajstić information content (AvgIpc) is 2.76. The summed E-state index contributed by atoms with van der Waals surface area (Å²) in [5.74, 6) is 0.0714. The minimum Gasteiger partial charge on any atom is -0.378 e. The number of carbonyl (C=O) groups is 2. The van der Waals surface area contributed by atoms with Crippen LogP contribution in [-0.2, 0) is 20.9 Å². The number of nitrogens with zero attached hydrogens (tertiary/aromatic N) is 4. The number of nitrogens with one attached hydrogen (secondary N) is 1. The molecule has 8 heteroatoms. The molecule has 1 N–H and O–H groups in total. The Bertz CT molecular complexity index is 438. The first-order valence-corrected chi connectivity index (χ1v) is 5.68. The Morgan fingerprint density at radius 3 is 2.83 bits per heavy atom. The summed E-state index contributed by atoms with van der Waals surface area (Å²) in [6.45, 7) is 3.78. The number of hydrogen-bond acceptors (Lipinski definition) is 5. The summed E-state index contributed by atoms with van der Waals surface area (Å²) in [4.78, 5) is 25.7. The fourth-order valence-corrected chi connectivity index (χ4v) is 1.64. The van der Waals surface area contributed by atoms with E-state index in [9.17, 15) is 9.59 Å². The first-order valence-electron chi connectivity index (χ1n) is 5.68. The quantitative estimate of drug-likeness (QED) is 0.753. The van der Waals surface area contributed by atoms with Crippen LogP contribution in [0.2, 0.25) is 0 Å². The summed E-state index contributed by atoms with van der Waals surface area (Å²) in [6, 6.07) is 0. The average molecular weight is 253 g/mol. The zero-order valence-corrected chi connectivity index (χ0v) is 10.1. The zero-order valence-electron chi connectivity index (χ0n) is 10.1. The smallest absolute Gasteiger partial charge is 0.246 e. The summed E-state index contributed by atoms with van der Waals surface area (Å²) < 4.78 is 5.17. The van der Waals surface area contributed by atoms with Gasteiger partial charge in [-0.1, -0.05) is 0 Å². The third-order valence-corrected chi connectivity index (χ3v) is 2.48. The monoisotopic (exact) mass is 253 g/mol. The Kier molecular flexibility index (Phi) is 3.88. The van der Waals surface area contributed by atoms with Crippen molar-refractivity contribution < 1.29 is 14.3 Å². The van der Waals surface area contributed by atoms with Crippen LogP contribution in [0.1, 0.15) is 6.92 Å². The molecule has 1 aromatic rings. The molecule has 1 aliphatic heterocycles. The first kappa shape index (κ1) is 12.5. The molecular weight excluding hydrogens is 238 g/mol. The molecular formula is C10H15N5O3. The van der Waals surface area contributed by atoms with Gasteiger partial charge >= 0.3 is 0 Å². The van der Waals surface area contributed by atoms with E-state index < -0.39 is 0 Å². The summed E-state index contributed by atoms with van der Waals surface area (Å²) in [5.41, 5.74) is 0. The van der Waals surface area contributed by atoms with Crippen molar-refractivity contribution in [2.24, 2.45) is 0 Å². The Balaban J connectivity index is 1.90. The molecule has 1 saturated heterocycles. The molecule has 0 unspecified atom stereocenters. The van der Waals surface area contributed by atoms with Gasteiger partial charge in [0, 0.05) is 20.0 Å². The van der Waals surface area contributed by atoms with Crippen molar-refractivity contribution in [3.8, 4) is 0 Å². The first-order chi connectivity index (χ1) is 8.65. The second kappa shape index (κ2) is 5.58. The molecule has 0 spiro atoms. The number of amides is 2. The second-order valence-electron chi connectivity index (χ2n) is 3.93. The van der Waals surface area contributed by atoms with Gasteiger partial charge in [0.25, 0.3) is 0 Å². The van der Waals surface area contributed by atoms with Crippen LogP contribution in [0, 0.1) is 0 Å². The molecule has 8 nitrogen and oxygen atoms in total. The van der Waals surface area contributed by atoms with Crippen LogP contribution in [-0.4, -0.2) is 58.0 Å². The largest absolute Gasteiger partial charge is 0.378 e. The Morgan fingerprint density at radius 2 is 2.17 bits per heavy atom. The van der Waals surface area contributed by atoms with Gasteiger partial charge in [-0.3, -0.25) is 9.59 Å². The number of aromatic nitrogens is 3. The predicted octanol–water partition coefficient (Wildman–Crippen LogP) is -0.905. The molecule has 0 saturated carbocycles. The fourth-order valence-electron chi connectivity index (χ4n) is 1.64. The summed E-state index contributed by atoms with van der Waals surface area (Å²) in [7, 11) is 0. The molecule has 98 valence electrons. The standard InChI is InChI=1S/C10H15N5O3/c1-8(16)12-9-6-11-15(13-9)7-10(17)14-2-4-18-5-3-14/h6H,2-5,7H2,1H3,(H,12,13,16). The molecule has 18 heavy (non-hydrogen) atoms. The molecule has 1 aromatic heterocycles. The van der Waals surface area contributed by atoms with Gasteiger partial charge in [-0.15, -0.1) is 5.10 Å². The van der Waals surface area contributed by atoms with E-state index in [4.69, 9.17) is 4.74 Å². The fraction of sp³-hybridized carbons (Fsp3) is 0.600. The number of ether oxygens (including phenoxy) is 1. The molecule has 1 aliphatic rings. The van der Waals surface area contributed by atoms with E-state index in [1.807, 2.05) is 0 Å². The lowest BCUT2D eigenvalue weighted by Gasteiger charge is -2.26. The van der Waals surface area contributed by atoms with Gasteiger partial charge in [-0.05, 0) is 0 Å². The van der Waals surface area contributed by atoms with Gasteiger partial charge in [-0.2, -0.15) is 9.90 Å². The van der Waals surface area contributed by atoms with Crippen molar-refractivity contribution in [1.29, 1.82) is 0 Å². The van der Waals surface area contributed by atoms with E-state index in [2.05, 4.69) is 15.5 Å². The highest BCUT2D eigenvalue weighted by Gasteiger charge is 2.17. The highest BCUT2D eigenvalue weighted by molar-refractivity contribution is 5.87. The topological polar surface area (TPSA) is 89.4 Å². The van der Waals surface area contributed by atoms with Crippen molar-refractivity contribution >= 4 is 17.6 Å². The lowest BCUT2D eigenvalue weighted by Crippen LogP contribution is -2.42. The van der Waals surface area contributed by atoms with Gasteiger partial charge in [0.2, 0.25) is 11.8 Å². The SMILES string of the molecule is CC(=O)Nc1cnn(CC(=O)N2CCOCC2)n1. The van der Waals surface area contributed by atoms with E-state index in [0.29, 0.717) is 32.1 Å². The normalized spacial score (nSPS) is 15.5. The Morgan fingerprint density at radius 1 is 1.44 bits per heavy atom. The van der Waals surface area contributed by atoms with Crippen LogP contribution in [0.3, 0.4) is 0 Å². The predicted molar refractivity (Wildman–Crippen MR) is 61.7 cm³/mol. The van der Waals surface area contributed by atoms with Crippen LogP contribution in [0.5, 0.6) is 0 Å². The van der Waals surface area contributed by atoms with Gasteiger partial charge in [-0.25, -0.2) is 0 Å². The minimum absolute atomic E-state index is 0.0525. The van der Waals surface area contributed by atoms with Crippen molar-refractivity contribution in [2.45, 2.75) is 13.5 Å². The van der Waals surface area contributed by atoms with Crippen LogP contribution in [0.25, 0.3) is 0 Å². The third-order valence-electron chi connectivity index (χ3n) is 2.48. The second-order valence-corrected chi connectivity index (χ2v) is 3.93. The van der Waals surface area contributed by atoms with E-state index in [-0.39, 0.29) is 18.4 Å². The molecule has 1 fully saturated rings. The van der Waals surface area contributed by atoms with E-state index in [0.717, 1.165) is 0 Å². The van der Waals surface area contributed by atoms with Gasteiger partial charge in [0.1, 0.15) is 6.54 Å². The number of rotatable bonds is 3. The van der Waals surface area contributed by atoms with Gasteiger partial charge < -0.3 is 15.0 Å². The van der Waals surface area contributed by atoms with E-state index >= 15 is 0 Å². The maximum atomic E-state index is 11.9. The number of morpholine rings is 1. The van der Waals surface area contributed by atoms with E-state index in [1.165, 1.54) is 17.9 Å². The van der Waals surface area contributed by atoms with Crippen LogP contribution >= 0.6 is 0 Å². The maximum absolute atomic E-state index is 11.9. The molecule has 2 heterocycles. The number of carbonyl (C=O) groups excluding carboxylic acids is 2. The zero-order chi connectivity index (χ0) is 13.0. The lowest BCUT2D eigenvalue weighted by molar-refractivity contribution is -0.136. The number of hydrogen-bond donors (Lipinski definition) is 1. The van der Waals surface area contributed by atoms with E-state index in [1.54, 1.807) is 4.90 Å². The molecule has 2 amide bonds. The minimum atomic E-state index is -0.221. The summed E-state index contributed by atoms with van der Waals surface area (Å²) in [5, 5.41) is 10.4. The Hall–Kier alpha value is -1.96. The Labute approximate surface area is 104 Å². The maximum Gasteiger partial charge on any atom is 0.246 e.